The summed E-state index contributed by atoms with van der Waals surface area (Å²) in [6, 6.07) is 12.2. The van der Waals surface area contributed by atoms with Gasteiger partial charge >= 0.3 is 0 Å². The summed E-state index contributed by atoms with van der Waals surface area (Å²) in [5.74, 6) is 0. The lowest BCUT2D eigenvalue weighted by Gasteiger charge is -2.03. The summed E-state index contributed by atoms with van der Waals surface area (Å²) in [6.07, 6.45) is 3.60. The van der Waals surface area contributed by atoms with E-state index in [-0.39, 0.29) is 0 Å². The van der Waals surface area contributed by atoms with Gasteiger partial charge in [0.25, 0.3) is 0 Å². The molecule has 0 saturated carbocycles. The number of hydrogen-bond donors (Lipinski definition) is 0. The Morgan fingerprint density at radius 3 is 2.88 bits per heavy atom. The molecule has 1 aromatic carbocycles. The van der Waals surface area contributed by atoms with Gasteiger partial charge in [0, 0.05) is 11.9 Å². The molecule has 0 radical (unpaired) electrons. The molecule has 0 fully saturated rings. The van der Waals surface area contributed by atoms with Crippen LogP contribution in [0.4, 0.5) is 0 Å². The zero-order valence-electron chi connectivity index (χ0n) is 8.96. The summed E-state index contributed by atoms with van der Waals surface area (Å²) in [5.41, 5.74) is 4.15. The van der Waals surface area contributed by atoms with E-state index in [1.807, 2.05) is 29.1 Å². The van der Waals surface area contributed by atoms with Gasteiger partial charge in [-0.15, -0.1) is 0 Å². The van der Waals surface area contributed by atoms with Crippen molar-refractivity contribution >= 4 is 11.2 Å². The largest absolute Gasteiger partial charge is 0.283 e. The number of hydrogen-bond acceptors (Lipinski definition) is 2. The van der Waals surface area contributed by atoms with Crippen molar-refractivity contribution in [2.75, 3.05) is 0 Å². The van der Waals surface area contributed by atoms with Crippen LogP contribution in [0, 0.1) is 6.92 Å². The third-order valence-corrected chi connectivity index (χ3v) is 2.59. The van der Waals surface area contributed by atoms with Crippen LogP contribution in [0.15, 0.2) is 48.9 Å². The fraction of sp³-hybridized carbons (Fsp3) is 0.0769. The zero-order valence-corrected chi connectivity index (χ0v) is 8.96. The minimum atomic E-state index is 0.896. The third-order valence-electron chi connectivity index (χ3n) is 2.59. The van der Waals surface area contributed by atoms with E-state index in [2.05, 4.69) is 35.1 Å². The second-order valence-corrected chi connectivity index (χ2v) is 3.80. The van der Waals surface area contributed by atoms with Crippen molar-refractivity contribution in [1.29, 1.82) is 0 Å². The lowest BCUT2D eigenvalue weighted by Crippen LogP contribution is -1.93. The average molecular weight is 209 g/mol. The lowest BCUT2D eigenvalue weighted by molar-refractivity contribution is 1.06. The smallest absolute Gasteiger partial charge is 0.164 e. The molecular weight excluding hydrogens is 198 g/mol. The Balaban J connectivity index is 2.26. The van der Waals surface area contributed by atoms with Crippen molar-refractivity contribution in [2.24, 2.45) is 0 Å². The number of aryl methyl sites for hydroxylation is 1. The summed E-state index contributed by atoms with van der Waals surface area (Å²) >= 11 is 0. The molecular formula is C13H11N3. The molecule has 0 unspecified atom stereocenters. The number of imidazole rings is 1. The normalized spacial score (nSPS) is 10.8. The van der Waals surface area contributed by atoms with Gasteiger partial charge in [0.05, 0.1) is 0 Å². The van der Waals surface area contributed by atoms with Crippen LogP contribution in [-0.2, 0) is 0 Å². The van der Waals surface area contributed by atoms with E-state index in [0.29, 0.717) is 0 Å². The molecule has 0 saturated heterocycles. The number of nitrogens with zero attached hydrogens (tertiary/aromatic N) is 3. The molecule has 16 heavy (non-hydrogen) atoms. The lowest BCUT2D eigenvalue weighted by atomic mass is 10.2. The van der Waals surface area contributed by atoms with Gasteiger partial charge in [-0.2, -0.15) is 0 Å². The van der Waals surface area contributed by atoms with Crippen molar-refractivity contribution < 1.29 is 0 Å². The average Bonchev–Trinajstić information content (AvgIpc) is 2.72. The Labute approximate surface area is 93.4 Å². The first kappa shape index (κ1) is 9.09. The molecule has 0 aliphatic heterocycles. The predicted octanol–water partition coefficient (Wildman–Crippen LogP) is 2.73. The molecule has 3 heteroatoms. The molecule has 3 nitrogen and oxygen atoms in total. The summed E-state index contributed by atoms with van der Waals surface area (Å²) < 4.78 is 2.00. The Hall–Kier alpha value is -2.16. The highest BCUT2D eigenvalue weighted by molar-refractivity contribution is 5.72. The maximum absolute atomic E-state index is 4.35. The van der Waals surface area contributed by atoms with Crippen LogP contribution >= 0.6 is 0 Å². The Morgan fingerprint density at radius 2 is 2.00 bits per heavy atom. The highest BCUT2D eigenvalue weighted by Gasteiger charge is 2.04. The SMILES string of the molecule is Cc1cccc(-n2cnc3cccnc32)c1. The topological polar surface area (TPSA) is 30.7 Å². The van der Waals surface area contributed by atoms with Crippen molar-refractivity contribution in [1.82, 2.24) is 14.5 Å². The molecule has 0 atom stereocenters. The van der Waals surface area contributed by atoms with Crippen LogP contribution in [0.5, 0.6) is 0 Å². The maximum Gasteiger partial charge on any atom is 0.164 e. The van der Waals surface area contributed by atoms with Crippen molar-refractivity contribution in [3.63, 3.8) is 0 Å². The molecule has 3 rings (SSSR count). The van der Waals surface area contributed by atoms with Crippen LogP contribution in [0.1, 0.15) is 5.56 Å². The number of fused-ring (bicyclic) bond motifs is 1. The molecule has 78 valence electrons. The van der Waals surface area contributed by atoms with Crippen LogP contribution in [0.3, 0.4) is 0 Å². The fourth-order valence-electron chi connectivity index (χ4n) is 1.82. The Bertz CT molecular complexity index is 640. The number of pyridine rings is 1. The summed E-state index contributed by atoms with van der Waals surface area (Å²) in [4.78, 5) is 8.67. The van der Waals surface area contributed by atoms with Gasteiger partial charge in [-0.05, 0) is 36.8 Å². The van der Waals surface area contributed by atoms with Crippen molar-refractivity contribution in [3.05, 3.63) is 54.5 Å². The second-order valence-electron chi connectivity index (χ2n) is 3.80. The van der Waals surface area contributed by atoms with Gasteiger partial charge in [-0.3, -0.25) is 4.57 Å². The van der Waals surface area contributed by atoms with E-state index in [4.69, 9.17) is 0 Å². The van der Waals surface area contributed by atoms with Crippen LogP contribution in [0.2, 0.25) is 0 Å². The van der Waals surface area contributed by atoms with Gasteiger partial charge < -0.3 is 0 Å². The number of aromatic nitrogens is 3. The van der Waals surface area contributed by atoms with Gasteiger partial charge in [0.15, 0.2) is 5.65 Å². The first-order valence-electron chi connectivity index (χ1n) is 5.20. The Morgan fingerprint density at radius 1 is 1.06 bits per heavy atom. The van der Waals surface area contributed by atoms with Crippen LogP contribution in [-0.4, -0.2) is 14.5 Å². The molecule has 2 aromatic heterocycles. The number of rotatable bonds is 1. The molecule has 3 aromatic rings. The van der Waals surface area contributed by atoms with Gasteiger partial charge in [-0.1, -0.05) is 12.1 Å². The first-order chi connectivity index (χ1) is 7.84. The molecule has 0 aliphatic carbocycles. The van der Waals surface area contributed by atoms with E-state index >= 15 is 0 Å². The standard InChI is InChI=1S/C13H11N3/c1-10-4-2-5-11(8-10)16-9-15-12-6-3-7-14-13(12)16/h2-9H,1H3. The van der Waals surface area contributed by atoms with Crippen molar-refractivity contribution in [2.45, 2.75) is 6.92 Å². The summed E-state index contributed by atoms with van der Waals surface area (Å²) in [6.45, 7) is 2.08. The van der Waals surface area contributed by atoms with E-state index in [1.165, 1.54) is 5.56 Å². The highest BCUT2D eigenvalue weighted by atomic mass is 15.1. The fourth-order valence-corrected chi connectivity index (χ4v) is 1.82. The molecule has 0 aliphatic rings. The number of benzene rings is 1. The zero-order chi connectivity index (χ0) is 11.0. The summed E-state index contributed by atoms with van der Waals surface area (Å²) in [5, 5.41) is 0. The van der Waals surface area contributed by atoms with E-state index in [1.54, 1.807) is 6.20 Å². The van der Waals surface area contributed by atoms with E-state index in [0.717, 1.165) is 16.9 Å². The molecule has 2 heterocycles. The first-order valence-corrected chi connectivity index (χ1v) is 5.20. The molecule has 0 N–H and O–H groups in total. The second kappa shape index (κ2) is 3.45. The minimum absolute atomic E-state index is 0.896. The highest BCUT2D eigenvalue weighted by Crippen LogP contribution is 2.16. The van der Waals surface area contributed by atoms with Gasteiger partial charge in [0.2, 0.25) is 0 Å². The van der Waals surface area contributed by atoms with Crippen molar-refractivity contribution in [3.8, 4) is 5.69 Å². The monoisotopic (exact) mass is 209 g/mol. The van der Waals surface area contributed by atoms with E-state index < -0.39 is 0 Å². The quantitative estimate of drug-likeness (QED) is 0.617. The van der Waals surface area contributed by atoms with Gasteiger partial charge in [0.1, 0.15) is 11.8 Å². The van der Waals surface area contributed by atoms with Gasteiger partial charge in [-0.25, -0.2) is 9.97 Å². The molecule has 0 bridgehead atoms. The predicted molar refractivity (Wildman–Crippen MR) is 63.6 cm³/mol. The summed E-state index contributed by atoms with van der Waals surface area (Å²) in [7, 11) is 0. The Kier molecular flexibility index (Phi) is 1.96. The maximum atomic E-state index is 4.35. The molecule has 0 spiro atoms. The minimum Gasteiger partial charge on any atom is -0.283 e. The third kappa shape index (κ3) is 1.37. The van der Waals surface area contributed by atoms with E-state index in [9.17, 15) is 0 Å². The van der Waals surface area contributed by atoms with Crippen LogP contribution < -0.4 is 0 Å². The van der Waals surface area contributed by atoms with Crippen LogP contribution in [0.25, 0.3) is 16.9 Å². The molecule has 0 amide bonds.